The summed E-state index contributed by atoms with van der Waals surface area (Å²) in [5.41, 5.74) is 0. The topological polar surface area (TPSA) is 61.8 Å². The molecule has 0 aromatic rings. The van der Waals surface area contributed by atoms with Crippen LogP contribution in [0.15, 0.2) is 0 Å². The van der Waals surface area contributed by atoms with Crippen LogP contribution in [-0.4, -0.2) is 44.5 Å². The van der Waals surface area contributed by atoms with Crippen molar-refractivity contribution in [1.29, 1.82) is 0 Å². The molecule has 0 unspecified atom stereocenters. The fourth-order valence-corrected chi connectivity index (χ4v) is 1.18. The number of carbonyl (C=O) groups excluding carboxylic acids is 2. The zero-order valence-corrected chi connectivity index (χ0v) is 11.3. The van der Waals surface area contributed by atoms with E-state index in [0.29, 0.717) is 39.1 Å². The first-order valence-corrected chi connectivity index (χ1v) is 6.29. The normalized spacial score (nSPS) is 11.2. The van der Waals surface area contributed by atoms with Crippen LogP contribution in [0.2, 0.25) is 0 Å². The monoisotopic (exact) mass is 300 g/mol. The molecule has 0 spiro atoms. The summed E-state index contributed by atoms with van der Waals surface area (Å²) in [5, 5.41) is 0. The highest BCUT2D eigenvalue weighted by Crippen LogP contribution is 2.16. The van der Waals surface area contributed by atoms with Gasteiger partial charge in [0.25, 0.3) is 0 Å². The average Bonchev–Trinajstić information content (AvgIpc) is 2.34. The van der Waals surface area contributed by atoms with Gasteiger partial charge in [-0.15, -0.1) is 0 Å². The van der Waals surface area contributed by atoms with Crippen LogP contribution in [-0.2, 0) is 23.8 Å². The molecule has 0 atom stereocenters. The van der Waals surface area contributed by atoms with Crippen LogP contribution in [0.4, 0.5) is 13.2 Å². The molecule has 8 heteroatoms. The van der Waals surface area contributed by atoms with Crippen molar-refractivity contribution < 1.29 is 37.0 Å². The van der Waals surface area contributed by atoms with Gasteiger partial charge in [0, 0.05) is 20.1 Å². The Morgan fingerprint density at radius 1 is 0.850 bits per heavy atom. The first-order valence-electron chi connectivity index (χ1n) is 6.29. The van der Waals surface area contributed by atoms with Gasteiger partial charge in [-0.05, 0) is 25.7 Å². The van der Waals surface area contributed by atoms with Crippen LogP contribution in [0, 0.1) is 0 Å². The second-order valence-electron chi connectivity index (χ2n) is 4.00. The fourth-order valence-electron chi connectivity index (χ4n) is 1.18. The van der Waals surface area contributed by atoms with Gasteiger partial charge in [0.1, 0.15) is 0 Å². The number of ether oxygens (including phenoxy) is 3. The van der Waals surface area contributed by atoms with E-state index in [1.54, 1.807) is 0 Å². The minimum absolute atomic E-state index is 0.270. The van der Waals surface area contributed by atoms with Gasteiger partial charge in [0.15, 0.2) is 0 Å². The van der Waals surface area contributed by atoms with E-state index in [0.717, 1.165) is 6.42 Å². The number of carbonyl (C=O) groups is 2. The molecule has 0 saturated carbocycles. The number of rotatable bonds is 10. The quantitative estimate of drug-likeness (QED) is 0.457. The van der Waals surface area contributed by atoms with E-state index in [1.165, 1.54) is 6.92 Å². The Bertz CT molecular complexity index is 291. The molecule has 118 valence electrons. The second-order valence-corrected chi connectivity index (χ2v) is 4.00. The van der Waals surface area contributed by atoms with Gasteiger partial charge in [0.2, 0.25) is 0 Å². The van der Waals surface area contributed by atoms with Crippen molar-refractivity contribution >= 4 is 11.9 Å². The third-order valence-electron chi connectivity index (χ3n) is 2.14. The molecule has 20 heavy (non-hydrogen) atoms. The highest BCUT2D eigenvalue weighted by atomic mass is 19.4. The number of halogens is 3. The molecule has 0 rings (SSSR count). The molecule has 0 aromatic heterocycles. The molecule has 0 fully saturated rings. The average molecular weight is 300 g/mol. The van der Waals surface area contributed by atoms with Crippen LogP contribution in [0.3, 0.4) is 0 Å². The van der Waals surface area contributed by atoms with Crippen molar-refractivity contribution in [2.45, 2.75) is 38.8 Å². The van der Waals surface area contributed by atoms with Crippen LogP contribution in [0.1, 0.15) is 32.6 Å². The largest absolute Gasteiger partial charge is 0.490 e. The van der Waals surface area contributed by atoms with Crippen molar-refractivity contribution in [1.82, 2.24) is 0 Å². The lowest BCUT2D eigenvalue weighted by Gasteiger charge is -2.07. The van der Waals surface area contributed by atoms with Gasteiger partial charge < -0.3 is 14.2 Å². The minimum Gasteiger partial charge on any atom is -0.466 e. The van der Waals surface area contributed by atoms with Crippen molar-refractivity contribution in [3.63, 3.8) is 0 Å². The predicted molar refractivity (Wildman–Crippen MR) is 62.9 cm³/mol. The standard InChI is InChI=1S/C12H19F3O5/c1-10(16)19-8-4-2-6-18-7-3-5-9-20-11(17)12(13,14)15/h2-9H2,1H3. The number of unbranched alkanes of at least 4 members (excludes halogenated alkanes) is 2. The second kappa shape index (κ2) is 10.5. The molecule has 0 N–H and O–H groups in total. The van der Waals surface area contributed by atoms with E-state index in [4.69, 9.17) is 9.47 Å². The van der Waals surface area contributed by atoms with E-state index in [-0.39, 0.29) is 12.6 Å². The minimum atomic E-state index is -4.93. The Morgan fingerprint density at radius 2 is 1.30 bits per heavy atom. The highest BCUT2D eigenvalue weighted by molar-refractivity contribution is 5.75. The van der Waals surface area contributed by atoms with Gasteiger partial charge in [-0.25, -0.2) is 4.79 Å². The zero-order chi connectivity index (χ0) is 15.4. The number of esters is 2. The molecule has 5 nitrogen and oxygen atoms in total. The van der Waals surface area contributed by atoms with Crippen molar-refractivity contribution in [3.05, 3.63) is 0 Å². The number of hydrogen-bond donors (Lipinski definition) is 0. The SMILES string of the molecule is CC(=O)OCCCCOCCCCOC(=O)C(F)(F)F. The molecule has 0 aliphatic heterocycles. The lowest BCUT2D eigenvalue weighted by Crippen LogP contribution is -2.25. The zero-order valence-electron chi connectivity index (χ0n) is 11.3. The molecule has 0 saturated heterocycles. The van der Waals surface area contributed by atoms with Crippen molar-refractivity contribution in [3.8, 4) is 0 Å². The molecular weight excluding hydrogens is 281 g/mol. The van der Waals surface area contributed by atoms with E-state index < -0.39 is 12.1 Å². The summed E-state index contributed by atoms with van der Waals surface area (Å²) in [7, 11) is 0. The first kappa shape index (κ1) is 18.7. The third kappa shape index (κ3) is 11.8. The number of alkyl halides is 3. The summed E-state index contributed by atoms with van der Waals surface area (Å²) in [6.45, 7) is 2.29. The smallest absolute Gasteiger partial charge is 0.466 e. The Morgan fingerprint density at radius 3 is 1.75 bits per heavy atom. The summed E-state index contributed by atoms with van der Waals surface area (Å²) in [5.74, 6) is -2.48. The summed E-state index contributed by atoms with van der Waals surface area (Å²) >= 11 is 0. The molecule has 0 aromatic carbocycles. The molecule has 0 amide bonds. The fraction of sp³-hybridized carbons (Fsp3) is 0.833. The summed E-state index contributed by atoms with van der Waals surface area (Å²) < 4.78 is 49.2. The lowest BCUT2D eigenvalue weighted by atomic mass is 10.3. The third-order valence-corrected chi connectivity index (χ3v) is 2.14. The van der Waals surface area contributed by atoms with Crippen molar-refractivity contribution in [2.75, 3.05) is 26.4 Å². The summed E-state index contributed by atoms with van der Waals surface area (Å²) in [6.07, 6.45) is -2.68. The van der Waals surface area contributed by atoms with Gasteiger partial charge in [-0.2, -0.15) is 13.2 Å². The maximum atomic E-state index is 11.7. The van der Waals surface area contributed by atoms with Gasteiger partial charge in [-0.1, -0.05) is 0 Å². The van der Waals surface area contributed by atoms with E-state index in [2.05, 4.69) is 4.74 Å². The molecule has 0 aliphatic carbocycles. The molecular formula is C12H19F3O5. The summed E-state index contributed by atoms with van der Waals surface area (Å²) in [4.78, 5) is 20.8. The Kier molecular flexibility index (Phi) is 9.79. The molecule has 0 bridgehead atoms. The Balaban J connectivity index is 3.21. The first-order chi connectivity index (χ1) is 9.34. The van der Waals surface area contributed by atoms with E-state index >= 15 is 0 Å². The van der Waals surface area contributed by atoms with Crippen LogP contribution in [0.5, 0.6) is 0 Å². The molecule has 0 heterocycles. The maximum Gasteiger partial charge on any atom is 0.490 e. The Labute approximate surface area is 115 Å². The van der Waals surface area contributed by atoms with Gasteiger partial charge in [-0.3, -0.25) is 4.79 Å². The number of hydrogen-bond acceptors (Lipinski definition) is 5. The lowest BCUT2D eigenvalue weighted by molar-refractivity contribution is -0.199. The highest BCUT2D eigenvalue weighted by Gasteiger charge is 2.40. The van der Waals surface area contributed by atoms with Gasteiger partial charge in [0.05, 0.1) is 13.2 Å². The van der Waals surface area contributed by atoms with Crippen molar-refractivity contribution in [2.24, 2.45) is 0 Å². The van der Waals surface area contributed by atoms with E-state index in [9.17, 15) is 22.8 Å². The maximum absolute atomic E-state index is 11.7. The Hall–Kier alpha value is -1.31. The van der Waals surface area contributed by atoms with Crippen LogP contribution < -0.4 is 0 Å². The van der Waals surface area contributed by atoms with Crippen LogP contribution in [0.25, 0.3) is 0 Å². The molecule has 0 aliphatic rings. The summed E-state index contributed by atoms with van der Waals surface area (Å²) in [6, 6.07) is 0. The molecule has 0 radical (unpaired) electrons. The van der Waals surface area contributed by atoms with E-state index in [1.807, 2.05) is 0 Å². The van der Waals surface area contributed by atoms with Crippen LogP contribution >= 0.6 is 0 Å². The van der Waals surface area contributed by atoms with Gasteiger partial charge >= 0.3 is 18.1 Å². The predicted octanol–water partition coefficient (Wildman–Crippen LogP) is 2.23.